The van der Waals surface area contributed by atoms with Gasteiger partial charge in [0.25, 0.3) is 0 Å². The number of nitrogens with one attached hydrogen (secondary N) is 1. The number of ether oxygens (including phenoxy) is 1. The summed E-state index contributed by atoms with van der Waals surface area (Å²) in [6.45, 7) is 4.43. The first-order chi connectivity index (χ1) is 14.7. The summed E-state index contributed by atoms with van der Waals surface area (Å²) in [6.07, 6.45) is 9.94. The van der Waals surface area contributed by atoms with Crippen LogP contribution in [0.25, 0.3) is 17.0 Å². The van der Waals surface area contributed by atoms with E-state index < -0.39 is 0 Å². The smallest absolute Gasteiger partial charge is 0.330 e. The van der Waals surface area contributed by atoms with Crippen molar-refractivity contribution in [2.45, 2.75) is 38.6 Å². The molecule has 1 N–H and O–H groups in total. The Morgan fingerprint density at radius 2 is 2.10 bits per heavy atom. The number of carbonyl (C=O) groups excluding carboxylic acids is 1. The predicted molar refractivity (Wildman–Crippen MR) is 122 cm³/mol. The molecule has 0 saturated carbocycles. The van der Waals surface area contributed by atoms with Gasteiger partial charge in [-0.25, -0.2) is 4.79 Å². The normalized spacial score (nSPS) is 15.9. The molecular weight excluding hydrogens is 372 g/mol. The average molecular weight is 403 g/mol. The van der Waals surface area contributed by atoms with E-state index in [2.05, 4.69) is 70.2 Å². The minimum absolute atomic E-state index is 0.320. The highest BCUT2D eigenvalue weighted by molar-refractivity contribution is 5.87. The maximum absolute atomic E-state index is 11.4. The van der Waals surface area contributed by atoms with Crippen LogP contribution < -0.4 is 0 Å². The fourth-order valence-corrected chi connectivity index (χ4v) is 4.64. The van der Waals surface area contributed by atoms with Gasteiger partial charge in [0.1, 0.15) is 0 Å². The zero-order valence-electron chi connectivity index (χ0n) is 17.9. The van der Waals surface area contributed by atoms with E-state index in [0.717, 1.165) is 44.3 Å². The third-order valence-electron chi connectivity index (χ3n) is 6.12. The van der Waals surface area contributed by atoms with Gasteiger partial charge in [0.15, 0.2) is 0 Å². The predicted octanol–water partition coefficient (Wildman–Crippen LogP) is 5.30. The minimum Gasteiger partial charge on any atom is -0.466 e. The van der Waals surface area contributed by atoms with Crippen molar-refractivity contribution >= 4 is 22.9 Å². The van der Waals surface area contributed by atoms with Crippen molar-refractivity contribution in [2.24, 2.45) is 0 Å². The van der Waals surface area contributed by atoms with E-state index >= 15 is 0 Å². The van der Waals surface area contributed by atoms with Crippen molar-refractivity contribution < 1.29 is 9.53 Å². The number of aryl methyl sites for hydroxylation is 1. The second kappa shape index (κ2) is 9.31. The molecule has 0 bridgehead atoms. The number of H-pyrrole nitrogens is 1. The van der Waals surface area contributed by atoms with E-state index in [1.807, 2.05) is 6.08 Å². The minimum atomic E-state index is -0.320. The third-order valence-corrected chi connectivity index (χ3v) is 6.12. The summed E-state index contributed by atoms with van der Waals surface area (Å²) in [6, 6.07) is 15.6. The number of fused-ring (bicyclic) bond motifs is 2. The number of carbonyl (C=O) groups is 1. The van der Waals surface area contributed by atoms with Crippen molar-refractivity contribution in [1.82, 2.24) is 9.88 Å². The lowest BCUT2D eigenvalue weighted by Gasteiger charge is -2.29. The molecule has 2 aromatic carbocycles. The molecule has 3 aromatic rings. The molecule has 1 aromatic heterocycles. The van der Waals surface area contributed by atoms with Crippen LogP contribution in [0.1, 0.15) is 48.1 Å². The Balaban J connectivity index is 1.49. The summed E-state index contributed by atoms with van der Waals surface area (Å²) < 4.78 is 4.69. The number of aromatic nitrogens is 1. The topological polar surface area (TPSA) is 45.3 Å². The van der Waals surface area contributed by atoms with Crippen LogP contribution in [0.4, 0.5) is 0 Å². The maximum Gasteiger partial charge on any atom is 0.330 e. The molecule has 30 heavy (non-hydrogen) atoms. The number of hydrogen-bond donors (Lipinski definition) is 1. The molecule has 1 unspecified atom stereocenters. The summed E-state index contributed by atoms with van der Waals surface area (Å²) in [5.74, 6) is -0.320. The van der Waals surface area contributed by atoms with E-state index in [1.54, 1.807) is 0 Å². The molecule has 4 rings (SSSR count). The molecule has 0 amide bonds. The Labute approximate surface area is 178 Å². The van der Waals surface area contributed by atoms with E-state index in [0.29, 0.717) is 6.04 Å². The van der Waals surface area contributed by atoms with Crippen LogP contribution in [0.5, 0.6) is 0 Å². The van der Waals surface area contributed by atoms with Gasteiger partial charge >= 0.3 is 5.97 Å². The van der Waals surface area contributed by atoms with E-state index in [-0.39, 0.29) is 5.97 Å². The zero-order valence-corrected chi connectivity index (χ0v) is 17.9. The highest BCUT2D eigenvalue weighted by Gasteiger charge is 2.27. The first-order valence-corrected chi connectivity index (χ1v) is 10.9. The lowest BCUT2D eigenvalue weighted by molar-refractivity contribution is -0.134. The molecule has 1 atom stereocenters. The number of rotatable bonds is 8. The first-order valence-electron chi connectivity index (χ1n) is 10.9. The van der Waals surface area contributed by atoms with Gasteiger partial charge in [-0.2, -0.15) is 0 Å². The number of para-hydroxylation sites is 1. The molecule has 0 saturated heterocycles. The highest BCUT2D eigenvalue weighted by Crippen LogP contribution is 2.37. The van der Waals surface area contributed by atoms with Crippen LogP contribution >= 0.6 is 0 Å². The van der Waals surface area contributed by atoms with Gasteiger partial charge < -0.3 is 9.72 Å². The standard InChI is InChI=1S/C26H30N2O2/c1-3-15-28(16-14-21-18-27-24-7-5-4-6-22(21)24)25-12-10-20-17-19(8-11-23(20)25)9-13-26(29)30-2/h4-9,11,13,17-18,25,27H,3,10,12,14-16H2,1-2H3/b13-9+. The second-order valence-corrected chi connectivity index (χ2v) is 8.01. The molecule has 1 aliphatic carbocycles. The van der Waals surface area contributed by atoms with Gasteiger partial charge in [-0.1, -0.05) is 43.3 Å². The quantitative estimate of drug-likeness (QED) is 0.411. The van der Waals surface area contributed by atoms with Gasteiger partial charge in [-0.15, -0.1) is 0 Å². The highest BCUT2D eigenvalue weighted by atomic mass is 16.5. The van der Waals surface area contributed by atoms with E-state index in [1.165, 1.54) is 40.8 Å². The van der Waals surface area contributed by atoms with Gasteiger partial charge in [0, 0.05) is 35.8 Å². The molecule has 156 valence electrons. The lowest BCUT2D eigenvalue weighted by Crippen LogP contribution is -2.30. The van der Waals surface area contributed by atoms with Gasteiger partial charge in [0.05, 0.1) is 7.11 Å². The lowest BCUT2D eigenvalue weighted by atomic mass is 10.0. The van der Waals surface area contributed by atoms with Crippen molar-refractivity contribution in [3.63, 3.8) is 0 Å². The van der Waals surface area contributed by atoms with E-state index in [4.69, 9.17) is 0 Å². The largest absolute Gasteiger partial charge is 0.466 e. The number of esters is 1. The summed E-state index contributed by atoms with van der Waals surface area (Å²) in [7, 11) is 1.40. The number of benzene rings is 2. The molecular formula is C26H30N2O2. The van der Waals surface area contributed by atoms with E-state index in [9.17, 15) is 4.79 Å². The van der Waals surface area contributed by atoms with Crippen LogP contribution in [0.2, 0.25) is 0 Å². The monoisotopic (exact) mass is 402 g/mol. The molecule has 0 spiro atoms. The fourth-order valence-electron chi connectivity index (χ4n) is 4.64. The Kier molecular flexibility index (Phi) is 6.34. The van der Waals surface area contributed by atoms with Crippen molar-refractivity contribution in [3.8, 4) is 0 Å². The van der Waals surface area contributed by atoms with Crippen LogP contribution in [0.15, 0.2) is 54.7 Å². The number of nitrogens with zero attached hydrogens (tertiary/aromatic N) is 1. The Bertz CT molecular complexity index is 1050. The molecule has 0 radical (unpaired) electrons. The average Bonchev–Trinajstić information content (AvgIpc) is 3.39. The summed E-state index contributed by atoms with van der Waals surface area (Å²) in [5, 5.41) is 1.34. The molecule has 4 heteroatoms. The van der Waals surface area contributed by atoms with Crippen molar-refractivity contribution in [2.75, 3.05) is 20.2 Å². The Hall–Kier alpha value is -2.85. The summed E-state index contributed by atoms with van der Waals surface area (Å²) >= 11 is 0. The second-order valence-electron chi connectivity index (χ2n) is 8.01. The number of methoxy groups -OCH3 is 1. The molecule has 0 fully saturated rings. The van der Waals surface area contributed by atoms with Crippen LogP contribution in [-0.2, 0) is 22.4 Å². The third kappa shape index (κ3) is 4.34. The molecule has 1 aliphatic rings. The summed E-state index contributed by atoms with van der Waals surface area (Å²) in [5.41, 5.74) is 6.51. The zero-order chi connectivity index (χ0) is 20.9. The van der Waals surface area contributed by atoms with Crippen molar-refractivity contribution in [1.29, 1.82) is 0 Å². The Morgan fingerprint density at radius 3 is 2.93 bits per heavy atom. The summed E-state index contributed by atoms with van der Waals surface area (Å²) in [4.78, 5) is 17.4. The van der Waals surface area contributed by atoms with Gasteiger partial charge in [-0.3, -0.25) is 4.90 Å². The van der Waals surface area contributed by atoms with Crippen LogP contribution in [0, 0.1) is 0 Å². The van der Waals surface area contributed by atoms with Crippen molar-refractivity contribution in [3.05, 3.63) is 77.0 Å². The SMILES string of the molecule is CCCN(CCc1c[nH]c2ccccc12)C1CCc2cc(/C=C/C(=O)OC)ccc21. The number of hydrogen-bond acceptors (Lipinski definition) is 3. The molecule has 1 heterocycles. The Morgan fingerprint density at radius 1 is 1.23 bits per heavy atom. The molecule has 4 nitrogen and oxygen atoms in total. The van der Waals surface area contributed by atoms with Crippen LogP contribution in [0.3, 0.4) is 0 Å². The molecule has 0 aliphatic heterocycles. The maximum atomic E-state index is 11.4. The van der Waals surface area contributed by atoms with Crippen LogP contribution in [-0.4, -0.2) is 36.1 Å². The van der Waals surface area contributed by atoms with Gasteiger partial charge in [-0.05, 0) is 66.6 Å². The fraction of sp³-hybridized carbons (Fsp3) is 0.346. The first kappa shape index (κ1) is 20.4. The number of aromatic amines is 1. The van der Waals surface area contributed by atoms with Gasteiger partial charge in [0.2, 0.25) is 0 Å².